The number of rotatable bonds is 9. The number of methoxy groups -OCH3 is 2. The summed E-state index contributed by atoms with van der Waals surface area (Å²) >= 11 is 0. The highest BCUT2D eigenvalue weighted by Gasteiger charge is 2.11. The highest BCUT2D eigenvalue weighted by Crippen LogP contribution is 2.25. The van der Waals surface area contributed by atoms with Crippen molar-refractivity contribution in [1.29, 1.82) is 0 Å². The Morgan fingerprint density at radius 1 is 1.23 bits per heavy atom. The van der Waals surface area contributed by atoms with E-state index in [0.29, 0.717) is 30.8 Å². The summed E-state index contributed by atoms with van der Waals surface area (Å²) in [6, 6.07) is 5.30. The number of carbonyl (C=O) groups is 2. The van der Waals surface area contributed by atoms with Crippen molar-refractivity contribution >= 4 is 11.9 Å². The Balaban J connectivity index is 2.51. The summed E-state index contributed by atoms with van der Waals surface area (Å²) in [5.74, 6) is 0.462. The average Bonchev–Trinajstić information content (AvgIpc) is 2.50. The van der Waals surface area contributed by atoms with Crippen molar-refractivity contribution in [3.63, 3.8) is 0 Å². The lowest BCUT2D eigenvalue weighted by Crippen LogP contribution is -2.33. The van der Waals surface area contributed by atoms with E-state index in [-0.39, 0.29) is 18.4 Å². The van der Waals surface area contributed by atoms with Crippen LogP contribution >= 0.6 is 0 Å². The van der Waals surface area contributed by atoms with Crippen molar-refractivity contribution < 1.29 is 24.2 Å². The van der Waals surface area contributed by atoms with Gasteiger partial charge in [-0.15, -0.1) is 0 Å². The molecule has 1 atom stereocenters. The first-order valence-electron chi connectivity index (χ1n) is 7.18. The average molecular weight is 309 g/mol. The lowest BCUT2D eigenvalue weighted by molar-refractivity contribution is -0.137. The van der Waals surface area contributed by atoms with Crippen LogP contribution in [0, 0.1) is 0 Å². The van der Waals surface area contributed by atoms with Gasteiger partial charge >= 0.3 is 5.97 Å². The third-order valence-corrected chi connectivity index (χ3v) is 3.31. The lowest BCUT2D eigenvalue weighted by Gasteiger charge is -2.14. The van der Waals surface area contributed by atoms with Gasteiger partial charge in [0.2, 0.25) is 5.91 Å². The fourth-order valence-corrected chi connectivity index (χ4v) is 2.08. The molecule has 2 N–H and O–H groups in total. The number of nitrogens with one attached hydrogen (secondary N) is 1. The third kappa shape index (κ3) is 6.03. The van der Waals surface area contributed by atoms with Gasteiger partial charge in [-0.05, 0) is 43.5 Å². The molecule has 0 aliphatic heterocycles. The maximum atomic E-state index is 11.9. The summed E-state index contributed by atoms with van der Waals surface area (Å²) in [6.07, 6.45) is 1.30. The molecule has 1 unspecified atom stereocenters. The number of hydrogen-bond donors (Lipinski definition) is 2. The normalized spacial score (nSPS) is 11.6. The van der Waals surface area contributed by atoms with E-state index in [1.54, 1.807) is 27.2 Å². The third-order valence-electron chi connectivity index (χ3n) is 3.31. The summed E-state index contributed by atoms with van der Waals surface area (Å²) in [5, 5.41) is 11.4. The number of carbonyl (C=O) groups excluding carboxylic acids is 1. The molecule has 0 aliphatic rings. The molecule has 1 aromatic carbocycles. The topological polar surface area (TPSA) is 84.9 Å². The van der Waals surface area contributed by atoms with E-state index in [4.69, 9.17) is 14.6 Å². The van der Waals surface area contributed by atoms with Crippen molar-refractivity contribution in [2.75, 3.05) is 14.2 Å². The molecule has 0 aliphatic carbocycles. The van der Waals surface area contributed by atoms with Crippen LogP contribution in [0.2, 0.25) is 0 Å². The zero-order chi connectivity index (χ0) is 16.5. The second-order valence-corrected chi connectivity index (χ2v) is 5.08. The SMILES string of the molecule is COc1ccc(OC)c(CCC(=O)NC(C)CCC(=O)O)c1. The Kier molecular flexibility index (Phi) is 7.22. The number of aryl methyl sites for hydroxylation is 1. The van der Waals surface area contributed by atoms with Gasteiger partial charge in [0.1, 0.15) is 11.5 Å². The number of benzene rings is 1. The van der Waals surface area contributed by atoms with Gasteiger partial charge < -0.3 is 19.9 Å². The molecular formula is C16H23NO5. The highest BCUT2D eigenvalue weighted by molar-refractivity contribution is 5.76. The molecule has 1 amide bonds. The molecule has 0 fully saturated rings. The van der Waals surface area contributed by atoms with E-state index in [1.807, 2.05) is 12.1 Å². The molecule has 0 heterocycles. The minimum absolute atomic E-state index is 0.0468. The summed E-state index contributed by atoms with van der Waals surface area (Å²) in [7, 11) is 3.17. The summed E-state index contributed by atoms with van der Waals surface area (Å²) in [6.45, 7) is 1.80. The first-order chi connectivity index (χ1) is 10.5. The van der Waals surface area contributed by atoms with Crippen LogP contribution in [0.5, 0.6) is 11.5 Å². The fraction of sp³-hybridized carbons (Fsp3) is 0.500. The van der Waals surface area contributed by atoms with Crippen molar-refractivity contribution in [3.8, 4) is 11.5 Å². The quantitative estimate of drug-likeness (QED) is 0.729. The second kappa shape index (κ2) is 8.92. The largest absolute Gasteiger partial charge is 0.497 e. The first-order valence-corrected chi connectivity index (χ1v) is 7.18. The van der Waals surface area contributed by atoms with Crippen molar-refractivity contribution in [2.24, 2.45) is 0 Å². The van der Waals surface area contributed by atoms with E-state index in [9.17, 15) is 9.59 Å². The van der Waals surface area contributed by atoms with E-state index >= 15 is 0 Å². The van der Waals surface area contributed by atoms with E-state index in [2.05, 4.69) is 5.32 Å². The van der Waals surface area contributed by atoms with Crippen molar-refractivity contribution in [3.05, 3.63) is 23.8 Å². The Bertz CT molecular complexity index is 515. The Hall–Kier alpha value is -2.24. The van der Waals surface area contributed by atoms with Crippen LogP contribution in [-0.4, -0.2) is 37.2 Å². The van der Waals surface area contributed by atoms with Gasteiger partial charge in [-0.25, -0.2) is 0 Å². The molecule has 22 heavy (non-hydrogen) atoms. The number of hydrogen-bond acceptors (Lipinski definition) is 4. The van der Waals surface area contributed by atoms with Crippen LogP contribution in [0.4, 0.5) is 0 Å². The van der Waals surface area contributed by atoms with Gasteiger partial charge in [-0.1, -0.05) is 0 Å². The maximum absolute atomic E-state index is 11.9. The lowest BCUT2D eigenvalue weighted by atomic mass is 10.1. The summed E-state index contributed by atoms with van der Waals surface area (Å²) < 4.78 is 10.4. The number of carboxylic acid groups (broad SMARTS) is 1. The molecule has 0 saturated heterocycles. The molecule has 1 rings (SSSR count). The smallest absolute Gasteiger partial charge is 0.303 e. The number of carboxylic acids is 1. The summed E-state index contributed by atoms with van der Waals surface area (Å²) in [5.41, 5.74) is 0.898. The summed E-state index contributed by atoms with van der Waals surface area (Å²) in [4.78, 5) is 22.4. The van der Waals surface area contributed by atoms with Crippen LogP contribution in [0.3, 0.4) is 0 Å². The van der Waals surface area contributed by atoms with Crippen molar-refractivity contribution in [2.45, 2.75) is 38.6 Å². The maximum Gasteiger partial charge on any atom is 0.303 e. The van der Waals surface area contributed by atoms with Gasteiger partial charge in [0.05, 0.1) is 14.2 Å². The first kappa shape index (κ1) is 17.8. The van der Waals surface area contributed by atoms with Crippen LogP contribution in [0.15, 0.2) is 18.2 Å². The predicted molar refractivity (Wildman–Crippen MR) is 82.3 cm³/mol. The van der Waals surface area contributed by atoms with Crippen molar-refractivity contribution in [1.82, 2.24) is 5.32 Å². The minimum Gasteiger partial charge on any atom is -0.497 e. The van der Waals surface area contributed by atoms with Crippen LogP contribution in [0.1, 0.15) is 31.7 Å². The standard InChI is InChI=1S/C16H23NO5/c1-11(4-9-16(19)20)17-15(18)8-5-12-10-13(21-2)6-7-14(12)22-3/h6-7,10-11H,4-5,8-9H2,1-3H3,(H,17,18)(H,19,20). The fourth-order valence-electron chi connectivity index (χ4n) is 2.08. The van der Waals surface area contributed by atoms with Crippen LogP contribution in [0.25, 0.3) is 0 Å². The molecule has 0 saturated carbocycles. The van der Waals surface area contributed by atoms with Gasteiger partial charge in [-0.3, -0.25) is 9.59 Å². The monoisotopic (exact) mass is 309 g/mol. The van der Waals surface area contributed by atoms with E-state index < -0.39 is 5.97 Å². The number of aliphatic carboxylic acids is 1. The van der Waals surface area contributed by atoms with Crippen LogP contribution in [-0.2, 0) is 16.0 Å². The zero-order valence-electron chi connectivity index (χ0n) is 13.2. The van der Waals surface area contributed by atoms with Gasteiger partial charge in [-0.2, -0.15) is 0 Å². The molecule has 6 heteroatoms. The molecule has 0 bridgehead atoms. The van der Waals surface area contributed by atoms with Gasteiger partial charge in [0.15, 0.2) is 0 Å². The van der Waals surface area contributed by atoms with Gasteiger partial charge in [0, 0.05) is 18.9 Å². The molecule has 6 nitrogen and oxygen atoms in total. The van der Waals surface area contributed by atoms with Gasteiger partial charge in [0.25, 0.3) is 0 Å². The molecule has 0 aromatic heterocycles. The van der Waals surface area contributed by atoms with Crippen LogP contribution < -0.4 is 14.8 Å². The van der Waals surface area contributed by atoms with E-state index in [1.165, 1.54) is 0 Å². The Labute approximate surface area is 130 Å². The molecular weight excluding hydrogens is 286 g/mol. The molecule has 0 spiro atoms. The minimum atomic E-state index is -0.859. The number of ether oxygens (including phenoxy) is 2. The van der Waals surface area contributed by atoms with E-state index in [0.717, 1.165) is 5.56 Å². The Morgan fingerprint density at radius 2 is 1.95 bits per heavy atom. The molecule has 0 radical (unpaired) electrons. The molecule has 122 valence electrons. The zero-order valence-corrected chi connectivity index (χ0v) is 13.2. The molecule has 1 aromatic rings. The predicted octanol–water partition coefficient (Wildman–Crippen LogP) is 2.01. The second-order valence-electron chi connectivity index (χ2n) is 5.08. The Morgan fingerprint density at radius 3 is 2.55 bits per heavy atom. The number of amides is 1. The highest BCUT2D eigenvalue weighted by atomic mass is 16.5.